The number of hydrogen-bond acceptors (Lipinski definition) is 4. The summed E-state index contributed by atoms with van der Waals surface area (Å²) in [6.45, 7) is 6.30. The fourth-order valence-electron chi connectivity index (χ4n) is 3.25. The average Bonchev–Trinajstić information content (AvgIpc) is 3.31. The third-order valence-electron chi connectivity index (χ3n) is 4.71. The Kier molecular flexibility index (Phi) is 5.48. The summed E-state index contributed by atoms with van der Waals surface area (Å²) in [5.74, 6) is -0.113. The molecule has 1 aliphatic rings. The van der Waals surface area contributed by atoms with Crippen molar-refractivity contribution in [2.45, 2.75) is 37.6 Å². The van der Waals surface area contributed by atoms with Gasteiger partial charge in [0.2, 0.25) is 0 Å². The highest BCUT2D eigenvalue weighted by Gasteiger charge is 2.28. The lowest BCUT2D eigenvalue weighted by molar-refractivity contribution is 0.0692. The van der Waals surface area contributed by atoms with E-state index in [0.29, 0.717) is 12.1 Å². The Bertz CT molecular complexity index is 866. The molecular formula is C19H25N3O3S. The van der Waals surface area contributed by atoms with Gasteiger partial charge in [0, 0.05) is 31.5 Å². The van der Waals surface area contributed by atoms with Gasteiger partial charge in [0.15, 0.2) is 0 Å². The quantitative estimate of drug-likeness (QED) is 0.841. The highest BCUT2D eigenvalue weighted by Crippen LogP contribution is 2.19. The zero-order chi connectivity index (χ0) is 18.7. The predicted molar refractivity (Wildman–Crippen MR) is 101 cm³/mol. The van der Waals surface area contributed by atoms with E-state index in [1.807, 2.05) is 18.7 Å². The van der Waals surface area contributed by atoms with Gasteiger partial charge in [0.1, 0.15) is 0 Å². The van der Waals surface area contributed by atoms with Crippen molar-refractivity contribution in [2.75, 3.05) is 19.6 Å². The van der Waals surface area contributed by atoms with Crippen LogP contribution in [-0.4, -0.2) is 48.9 Å². The molecular weight excluding hydrogens is 350 g/mol. The number of rotatable bonds is 6. The molecule has 0 bridgehead atoms. The largest absolute Gasteiger partial charge is 0.334 e. The highest BCUT2D eigenvalue weighted by atomic mass is 32.2. The van der Waals surface area contributed by atoms with E-state index in [1.54, 1.807) is 30.3 Å². The molecule has 1 unspecified atom stereocenters. The topological polar surface area (TPSA) is 71.4 Å². The van der Waals surface area contributed by atoms with Gasteiger partial charge in [-0.25, -0.2) is 12.4 Å². The maximum Gasteiger partial charge on any atom is 0.267 e. The number of aryl methyl sites for hydroxylation is 1. The molecule has 1 N–H and O–H groups in total. The summed E-state index contributed by atoms with van der Waals surface area (Å²) in [5.41, 5.74) is 1.40. The number of aromatic nitrogens is 1. The van der Waals surface area contributed by atoms with E-state index in [4.69, 9.17) is 0 Å². The molecule has 140 valence electrons. The average molecular weight is 375 g/mol. The number of carbonyl (C=O) groups is 1. The SMILES string of the molecule is CCCN(C(=O)c1ccn(S(=O)(=O)c2ccc(C)cc2)c1)C1CCNC1. The van der Waals surface area contributed by atoms with Crippen LogP contribution in [0.15, 0.2) is 47.6 Å². The van der Waals surface area contributed by atoms with Crippen molar-refractivity contribution in [3.63, 3.8) is 0 Å². The molecule has 0 radical (unpaired) electrons. The smallest absolute Gasteiger partial charge is 0.267 e. The van der Waals surface area contributed by atoms with Crippen LogP contribution in [0.2, 0.25) is 0 Å². The van der Waals surface area contributed by atoms with Crippen LogP contribution in [0.3, 0.4) is 0 Å². The van der Waals surface area contributed by atoms with E-state index in [0.717, 1.165) is 35.5 Å². The van der Waals surface area contributed by atoms with Crippen molar-refractivity contribution < 1.29 is 13.2 Å². The maximum atomic E-state index is 12.9. The first-order chi connectivity index (χ1) is 12.4. The molecule has 1 aromatic carbocycles. The predicted octanol–water partition coefficient (Wildman–Crippen LogP) is 2.25. The Morgan fingerprint density at radius 2 is 2.00 bits per heavy atom. The first-order valence-corrected chi connectivity index (χ1v) is 10.4. The number of nitrogens with one attached hydrogen (secondary N) is 1. The lowest BCUT2D eigenvalue weighted by atomic mass is 10.1. The van der Waals surface area contributed by atoms with E-state index in [1.165, 1.54) is 12.4 Å². The van der Waals surface area contributed by atoms with E-state index in [9.17, 15) is 13.2 Å². The van der Waals surface area contributed by atoms with E-state index < -0.39 is 10.0 Å². The first-order valence-electron chi connectivity index (χ1n) is 8.95. The van der Waals surface area contributed by atoms with Crippen LogP contribution in [0.5, 0.6) is 0 Å². The third-order valence-corrected chi connectivity index (χ3v) is 6.36. The lowest BCUT2D eigenvalue weighted by Crippen LogP contribution is -2.42. The fourth-order valence-corrected chi connectivity index (χ4v) is 4.44. The van der Waals surface area contributed by atoms with Crippen LogP contribution in [0.25, 0.3) is 0 Å². The van der Waals surface area contributed by atoms with Gasteiger partial charge < -0.3 is 10.2 Å². The summed E-state index contributed by atoms with van der Waals surface area (Å²) in [5, 5.41) is 3.28. The number of hydrogen-bond donors (Lipinski definition) is 1. The van der Waals surface area contributed by atoms with Crippen molar-refractivity contribution in [3.8, 4) is 0 Å². The maximum absolute atomic E-state index is 12.9. The number of carbonyl (C=O) groups excluding carboxylic acids is 1. The zero-order valence-electron chi connectivity index (χ0n) is 15.2. The van der Waals surface area contributed by atoms with Crippen LogP contribution >= 0.6 is 0 Å². The van der Waals surface area contributed by atoms with Gasteiger partial charge in [0.25, 0.3) is 15.9 Å². The molecule has 26 heavy (non-hydrogen) atoms. The molecule has 2 aromatic rings. The van der Waals surface area contributed by atoms with Crippen molar-refractivity contribution in [1.29, 1.82) is 0 Å². The standard InChI is InChI=1S/C19H25N3O3S/c1-3-11-22(17-8-10-20-13-17)19(23)16-9-12-21(14-16)26(24,25)18-6-4-15(2)5-7-18/h4-7,9,12,14,17,20H,3,8,10-11,13H2,1-2H3. The summed E-state index contributed by atoms with van der Waals surface area (Å²) < 4.78 is 26.6. The van der Waals surface area contributed by atoms with Gasteiger partial charge in [-0.1, -0.05) is 24.6 Å². The monoisotopic (exact) mass is 375 g/mol. The normalized spacial score (nSPS) is 17.4. The molecule has 1 amide bonds. The van der Waals surface area contributed by atoms with Crippen LogP contribution < -0.4 is 5.32 Å². The molecule has 0 spiro atoms. The van der Waals surface area contributed by atoms with E-state index >= 15 is 0 Å². The summed E-state index contributed by atoms with van der Waals surface area (Å²) in [4.78, 5) is 15.0. The Hall–Kier alpha value is -2.12. The minimum atomic E-state index is -3.69. The Labute approximate surface area is 154 Å². The summed E-state index contributed by atoms with van der Waals surface area (Å²) in [7, 11) is -3.69. The van der Waals surface area contributed by atoms with Gasteiger partial charge in [-0.2, -0.15) is 0 Å². The summed E-state index contributed by atoms with van der Waals surface area (Å²) in [6.07, 6.45) is 4.65. The minimum absolute atomic E-state index is 0.113. The second kappa shape index (κ2) is 7.63. The Balaban J connectivity index is 1.86. The molecule has 1 saturated heterocycles. The molecule has 2 heterocycles. The molecule has 0 saturated carbocycles. The van der Waals surface area contributed by atoms with Crippen molar-refractivity contribution in [3.05, 3.63) is 53.9 Å². The number of amides is 1. The van der Waals surface area contributed by atoms with Gasteiger partial charge in [-0.15, -0.1) is 0 Å². The minimum Gasteiger partial charge on any atom is -0.334 e. The van der Waals surface area contributed by atoms with Crippen LogP contribution in [0, 0.1) is 6.92 Å². The second-order valence-electron chi connectivity index (χ2n) is 6.69. The van der Waals surface area contributed by atoms with E-state index in [2.05, 4.69) is 5.32 Å². The van der Waals surface area contributed by atoms with Crippen molar-refractivity contribution in [1.82, 2.24) is 14.2 Å². The van der Waals surface area contributed by atoms with Crippen molar-refractivity contribution in [2.24, 2.45) is 0 Å². The van der Waals surface area contributed by atoms with Crippen LogP contribution in [0.4, 0.5) is 0 Å². The highest BCUT2D eigenvalue weighted by molar-refractivity contribution is 7.90. The zero-order valence-corrected chi connectivity index (χ0v) is 16.0. The van der Waals surface area contributed by atoms with Gasteiger partial charge >= 0.3 is 0 Å². The van der Waals surface area contributed by atoms with Crippen molar-refractivity contribution >= 4 is 15.9 Å². The second-order valence-corrected chi connectivity index (χ2v) is 8.54. The molecule has 3 rings (SSSR count). The molecule has 1 atom stereocenters. The molecule has 1 aromatic heterocycles. The van der Waals surface area contributed by atoms with Gasteiger partial charge in [0.05, 0.1) is 10.5 Å². The summed E-state index contributed by atoms with van der Waals surface area (Å²) >= 11 is 0. The lowest BCUT2D eigenvalue weighted by Gasteiger charge is -2.27. The Morgan fingerprint density at radius 1 is 1.27 bits per heavy atom. The molecule has 1 aliphatic heterocycles. The van der Waals surface area contributed by atoms with Gasteiger partial charge in [-0.3, -0.25) is 4.79 Å². The van der Waals surface area contributed by atoms with Crippen LogP contribution in [-0.2, 0) is 10.0 Å². The Morgan fingerprint density at radius 3 is 2.62 bits per heavy atom. The molecule has 0 aliphatic carbocycles. The molecule has 6 nitrogen and oxygen atoms in total. The van der Waals surface area contributed by atoms with Gasteiger partial charge in [-0.05, 0) is 44.5 Å². The number of benzene rings is 1. The molecule has 7 heteroatoms. The summed E-state index contributed by atoms with van der Waals surface area (Å²) in [6, 6.07) is 8.44. The number of nitrogens with zero attached hydrogens (tertiary/aromatic N) is 2. The van der Waals surface area contributed by atoms with E-state index in [-0.39, 0.29) is 16.8 Å². The third kappa shape index (κ3) is 3.68. The first kappa shape index (κ1) is 18.7. The molecule has 1 fully saturated rings. The van der Waals surface area contributed by atoms with Crippen LogP contribution in [0.1, 0.15) is 35.7 Å². The fraction of sp³-hybridized carbons (Fsp3) is 0.421.